The van der Waals surface area contributed by atoms with Crippen molar-refractivity contribution in [2.24, 2.45) is 11.8 Å². The lowest BCUT2D eigenvalue weighted by molar-refractivity contribution is -0.142. The lowest BCUT2D eigenvalue weighted by Gasteiger charge is -2.54. The van der Waals surface area contributed by atoms with Crippen LogP contribution in [0, 0.1) is 11.8 Å². The Morgan fingerprint density at radius 1 is 0.857 bits per heavy atom. The summed E-state index contributed by atoms with van der Waals surface area (Å²) in [7, 11) is 0. The van der Waals surface area contributed by atoms with Gasteiger partial charge >= 0.3 is 0 Å². The molecule has 35 heavy (non-hydrogen) atoms. The Bertz CT molecular complexity index is 1340. The second kappa shape index (κ2) is 7.81. The molecule has 176 valence electrons. The number of amides is 3. The SMILES string of the molecule is O=C(CN1C(=O)[C@H]2[C@H](C1=O)C1(Cl)c3ccccc3C2(Cl)c2ccccc21)Nc1ccc(Br)c(Cl)c1. The summed E-state index contributed by atoms with van der Waals surface area (Å²) < 4.78 is 0.681. The van der Waals surface area contributed by atoms with Gasteiger partial charge < -0.3 is 5.32 Å². The fourth-order valence-electron chi connectivity index (χ4n) is 5.80. The molecule has 2 bridgehead atoms. The predicted octanol–water partition coefficient (Wildman–Crippen LogP) is 5.63. The normalized spacial score (nSPS) is 27.9. The van der Waals surface area contributed by atoms with Crippen molar-refractivity contribution in [2.45, 2.75) is 9.75 Å². The molecule has 3 amide bonds. The molecule has 7 rings (SSSR count). The number of alkyl halides is 2. The molecule has 0 radical (unpaired) electrons. The molecule has 5 nitrogen and oxygen atoms in total. The van der Waals surface area contributed by atoms with Gasteiger partial charge in [0.2, 0.25) is 17.7 Å². The number of nitrogens with one attached hydrogen (secondary N) is 1. The number of benzene rings is 3. The lowest BCUT2D eigenvalue weighted by atomic mass is 9.54. The van der Waals surface area contributed by atoms with E-state index in [1.165, 1.54) is 0 Å². The molecule has 3 aromatic carbocycles. The molecule has 1 heterocycles. The molecule has 0 spiro atoms. The number of carbonyl (C=O) groups excluding carboxylic acids is 3. The zero-order valence-electron chi connectivity index (χ0n) is 17.9. The Morgan fingerprint density at radius 3 is 1.74 bits per heavy atom. The van der Waals surface area contributed by atoms with Crippen molar-refractivity contribution in [2.75, 3.05) is 11.9 Å². The van der Waals surface area contributed by atoms with Gasteiger partial charge in [-0.15, -0.1) is 23.2 Å². The first-order valence-electron chi connectivity index (χ1n) is 10.9. The maximum atomic E-state index is 13.7. The van der Waals surface area contributed by atoms with Crippen molar-refractivity contribution in [3.63, 3.8) is 0 Å². The second-order valence-corrected chi connectivity index (χ2v) is 11.4. The second-order valence-electron chi connectivity index (χ2n) is 8.91. The zero-order chi connectivity index (χ0) is 24.7. The average Bonchev–Trinajstić information content (AvgIpc) is 3.10. The van der Waals surface area contributed by atoms with Crippen molar-refractivity contribution < 1.29 is 14.4 Å². The van der Waals surface area contributed by atoms with Crippen molar-refractivity contribution in [3.8, 4) is 0 Å². The number of rotatable bonds is 3. The van der Waals surface area contributed by atoms with Crippen LogP contribution in [0.3, 0.4) is 0 Å². The van der Waals surface area contributed by atoms with Gasteiger partial charge in [-0.05, 0) is 56.4 Å². The summed E-state index contributed by atoms with van der Waals surface area (Å²) in [6, 6.07) is 19.7. The van der Waals surface area contributed by atoms with Gasteiger partial charge in [0.15, 0.2) is 0 Å². The molecule has 9 heteroatoms. The fraction of sp³-hybridized carbons (Fsp3) is 0.192. The number of hydrogen-bond donors (Lipinski definition) is 1. The van der Waals surface area contributed by atoms with Gasteiger partial charge in [0.1, 0.15) is 16.3 Å². The molecule has 3 aromatic rings. The van der Waals surface area contributed by atoms with E-state index in [-0.39, 0.29) is 0 Å². The number of halogens is 4. The van der Waals surface area contributed by atoms with Crippen LogP contribution in [0.15, 0.2) is 71.2 Å². The summed E-state index contributed by atoms with van der Waals surface area (Å²) in [6.07, 6.45) is 0. The molecule has 1 aliphatic heterocycles. The Morgan fingerprint density at radius 2 is 1.31 bits per heavy atom. The molecule has 4 aliphatic rings. The van der Waals surface area contributed by atoms with E-state index >= 15 is 0 Å². The molecule has 2 atom stereocenters. The van der Waals surface area contributed by atoms with E-state index in [0.717, 1.165) is 4.90 Å². The van der Waals surface area contributed by atoms with Crippen molar-refractivity contribution in [3.05, 3.63) is 98.5 Å². The van der Waals surface area contributed by atoms with Gasteiger partial charge in [-0.25, -0.2) is 0 Å². The average molecular weight is 591 g/mol. The highest BCUT2D eigenvalue weighted by Crippen LogP contribution is 2.69. The quantitative estimate of drug-likeness (QED) is 0.318. The van der Waals surface area contributed by atoms with Crippen LogP contribution in [-0.4, -0.2) is 29.2 Å². The molecule has 1 N–H and O–H groups in total. The van der Waals surface area contributed by atoms with Crippen LogP contribution >= 0.6 is 50.7 Å². The fourth-order valence-corrected chi connectivity index (χ4v) is 7.32. The van der Waals surface area contributed by atoms with Crippen LogP contribution in [0.5, 0.6) is 0 Å². The summed E-state index contributed by atoms with van der Waals surface area (Å²) >= 11 is 24.1. The van der Waals surface area contributed by atoms with Gasteiger partial charge in [-0.1, -0.05) is 60.1 Å². The first-order valence-corrected chi connectivity index (χ1v) is 12.8. The monoisotopic (exact) mass is 588 g/mol. The van der Waals surface area contributed by atoms with Gasteiger partial charge in [0.25, 0.3) is 0 Å². The van der Waals surface area contributed by atoms with Crippen LogP contribution in [0.1, 0.15) is 22.3 Å². The minimum absolute atomic E-state index is 0.419. The van der Waals surface area contributed by atoms with Gasteiger partial charge in [0.05, 0.1) is 16.9 Å². The Balaban J connectivity index is 1.40. The lowest BCUT2D eigenvalue weighted by Crippen LogP contribution is -2.57. The minimum Gasteiger partial charge on any atom is -0.324 e. The molecule has 1 saturated heterocycles. The third kappa shape index (κ3) is 2.97. The summed E-state index contributed by atoms with van der Waals surface area (Å²) in [4.78, 5) is 38.8. The molecule has 3 aliphatic carbocycles. The van der Waals surface area contributed by atoms with Crippen LogP contribution in [-0.2, 0) is 24.1 Å². The Labute approximate surface area is 224 Å². The standard InChI is InChI=1S/C26H16BrCl3N2O3/c27-18-10-9-13(11-19(18)28)31-20(33)12-32-23(34)21-22(24(32)35)26(30)15-6-2-1-5-14(15)25(21,29)16-7-3-4-8-17(16)26/h1-11,21-22H,12H2,(H,31,33)/t21-,22-,25?,26?/m1/s1. The largest absolute Gasteiger partial charge is 0.324 e. The van der Waals surface area contributed by atoms with Crippen molar-refractivity contribution in [1.82, 2.24) is 4.90 Å². The van der Waals surface area contributed by atoms with Crippen molar-refractivity contribution >= 4 is 74.1 Å². The van der Waals surface area contributed by atoms with E-state index in [1.54, 1.807) is 18.2 Å². The van der Waals surface area contributed by atoms with E-state index in [2.05, 4.69) is 21.2 Å². The summed E-state index contributed by atoms with van der Waals surface area (Å²) in [6.45, 7) is -0.453. The summed E-state index contributed by atoms with van der Waals surface area (Å²) in [5.74, 6) is -3.41. The van der Waals surface area contributed by atoms with Crippen LogP contribution in [0.4, 0.5) is 5.69 Å². The highest BCUT2D eigenvalue weighted by Gasteiger charge is 2.73. The molecule has 1 fully saturated rings. The first-order chi connectivity index (χ1) is 16.7. The van der Waals surface area contributed by atoms with E-state index in [0.29, 0.717) is 37.4 Å². The Kier molecular flexibility index (Phi) is 5.14. The van der Waals surface area contributed by atoms with Gasteiger partial charge in [-0.2, -0.15) is 0 Å². The maximum absolute atomic E-state index is 13.7. The molecule has 0 saturated carbocycles. The molecule has 0 aromatic heterocycles. The third-order valence-corrected chi connectivity index (χ3v) is 9.70. The number of likely N-dealkylation sites (tertiary alicyclic amines) is 1. The van der Waals surface area contributed by atoms with Gasteiger partial charge in [0, 0.05) is 10.2 Å². The van der Waals surface area contributed by atoms with Crippen LogP contribution in [0.2, 0.25) is 5.02 Å². The van der Waals surface area contributed by atoms with E-state index in [9.17, 15) is 14.4 Å². The van der Waals surface area contributed by atoms with Crippen LogP contribution < -0.4 is 5.32 Å². The van der Waals surface area contributed by atoms with E-state index < -0.39 is 45.9 Å². The highest BCUT2D eigenvalue weighted by atomic mass is 79.9. The third-order valence-electron chi connectivity index (χ3n) is 7.18. The number of hydrogen-bond acceptors (Lipinski definition) is 3. The molecular weight excluding hydrogens is 575 g/mol. The van der Waals surface area contributed by atoms with E-state index in [1.807, 2.05) is 48.5 Å². The number of nitrogens with zero attached hydrogens (tertiary/aromatic N) is 1. The zero-order valence-corrected chi connectivity index (χ0v) is 21.8. The molecular formula is C26H16BrCl3N2O3. The first kappa shape index (κ1) is 23.0. The van der Waals surface area contributed by atoms with Crippen LogP contribution in [0.25, 0.3) is 0 Å². The number of carbonyl (C=O) groups is 3. The number of imide groups is 1. The number of anilines is 1. The van der Waals surface area contributed by atoms with Gasteiger partial charge in [-0.3, -0.25) is 19.3 Å². The topological polar surface area (TPSA) is 66.5 Å². The maximum Gasteiger partial charge on any atom is 0.244 e. The highest BCUT2D eigenvalue weighted by molar-refractivity contribution is 9.10. The molecule has 0 unspecified atom stereocenters. The smallest absolute Gasteiger partial charge is 0.244 e. The van der Waals surface area contributed by atoms with Crippen molar-refractivity contribution in [1.29, 1.82) is 0 Å². The minimum atomic E-state index is -1.27. The predicted molar refractivity (Wildman–Crippen MR) is 138 cm³/mol. The summed E-state index contributed by atoms with van der Waals surface area (Å²) in [5.41, 5.74) is 3.31. The Hall–Kier alpha value is -2.38. The van der Waals surface area contributed by atoms with E-state index in [4.69, 9.17) is 34.8 Å². The summed E-state index contributed by atoms with van der Waals surface area (Å²) in [5, 5.41) is 3.11.